The highest BCUT2D eigenvalue weighted by atomic mass is 35.5. The predicted octanol–water partition coefficient (Wildman–Crippen LogP) is 3.65. The number of nitrogens with one attached hydrogen (secondary N) is 1. The van der Waals surface area contributed by atoms with Gasteiger partial charge in [0.05, 0.1) is 27.0 Å². The van der Waals surface area contributed by atoms with Gasteiger partial charge in [-0.1, -0.05) is 11.6 Å². The summed E-state index contributed by atoms with van der Waals surface area (Å²) in [6.45, 7) is 3.66. The number of aromatic hydroxyl groups is 1. The van der Waals surface area contributed by atoms with Gasteiger partial charge >= 0.3 is 0 Å². The van der Waals surface area contributed by atoms with E-state index in [1.54, 1.807) is 16.8 Å². The van der Waals surface area contributed by atoms with Crippen LogP contribution in [0.15, 0.2) is 53.4 Å². The third-order valence-corrected chi connectivity index (χ3v) is 5.66. The largest absolute Gasteiger partial charge is 0.508 e. The first-order valence-corrected chi connectivity index (χ1v) is 9.28. The van der Waals surface area contributed by atoms with Gasteiger partial charge in [0.25, 0.3) is 10.0 Å². The van der Waals surface area contributed by atoms with Crippen molar-refractivity contribution in [2.45, 2.75) is 18.7 Å². The molecule has 1 aromatic heterocycles. The van der Waals surface area contributed by atoms with E-state index in [0.717, 1.165) is 11.4 Å². The molecule has 8 heteroatoms. The summed E-state index contributed by atoms with van der Waals surface area (Å²) < 4.78 is 29.0. The van der Waals surface area contributed by atoms with Crippen LogP contribution in [0.25, 0.3) is 5.69 Å². The van der Waals surface area contributed by atoms with E-state index in [4.69, 9.17) is 11.6 Å². The topological polar surface area (TPSA) is 84.2 Å². The summed E-state index contributed by atoms with van der Waals surface area (Å²) in [6.07, 6.45) is 0. The number of benzene rings is 2. The molecule has 0 saturated heterocycles. The van der Waals surface area contributed by atoms with E-state index in [9.17, 15) is 13.5 Å². The van der Waals surface area contributed by atoms with E-state index in [1.807, 2.05) is 13.8 Å². The molecular formula is C17H16ClN3O3S. The van der Waals surface area contributed by atoms with E-state index in [-0.39, 0.29) is 10.6 Å². The number of aromatic nitrogens is 2. The summed E-state index contributed by atoms with van der Waals surface area (Å²) >= 11 is 6.15. The Balaban J connectivity index is 1.88. The lowest BCUT2D eigenvalue weighted by Crippen LogP contribution is -2.13. The monoisotopic (exact) mass is 377 g/mol. The maximum absolute atomic E-state index is 12.4. The molecule has 1 heterocycles. The van der Waals surface area contributed by atoms with Crippen LogP contribution in [0.1, 0.15) is 11.4 Å². The summed E-state index contributed by atoms with van der Waals surface area (Å²) in [7, 11) is -3.73. The third kappa shape index (κ3) is 3.47. The average Bonchev–Trinajstić information content (AvgIpc) is 2.84. The van der Waals surface area contributed by atoms with Crippen molar-refractivity contribution in [1.29, 1.82) is 0 Å². The van der Waals surface area contributed by atoms with E-state index in [2.05, 4.69) is 9.82 Å². The standard InChI is InChI=1S/C17H16ClN3O3S/c1-11-17(18)12(2)21(19-11)14-5-9-16(10-6-14)25(23,24)20-13-3-7-15(22)8-4-13/h3-10,20,22H,1-2H3. The summed E-state index contributed by atoms with van der Waals surface area (Å²) in [5.41, 5.74) is 2.59. The van der Waals surface area contributed by atoms with Gasteiger partial charge in [0.15, 0.2) is 0 Å². The van der Waals surface area contributed by atoms with Crippen LogP contribution in [0, 0.1) is 13.8 Å². The Morgan fingerprint density at radius 3 is 2.16 bits per heavy atom. The van der Waals surface area contributed by atoms with Crippen LogP contribution in [-0.2, 0) is 10.0 Å². The van der Waals surface area contributed by atoms with Gasteiger partial charge in [-0.25, -0.2) is 13.1 Å². The lowest BCUT2D eigenvalue weighted by Gasteiger charge is -2.09. The number of halogens is 1. The number of hydrogen-bond donors (Lipinski definition) is 2. The fourth-order valence-electron chi connectivity index (χ4n) is 2.39. The maximum atomic E-state index is 12.4. The van der Waals surface area contributed by atoms with Crippen molar-refractivity contribution in [3.05, 3.63) is 64.9 Å². The number of phenolic OH excluding ortho intramolecular Hbond substituents is 1. The SMILES string of the molecule is Cc1nn(-c2ccc(S(=O)(=O)Nc3ccc(O)cc3)cc2)c(C)c1Cl. The number of nitrogens with zero attached hydrogens (tertiary/aromatic N) is 2. The lowest BCUT2D eigenvalue weighted by molar-refractivity contribution is 0.475. The van der Waals surface area contributed by atoms with Crippen molar-refractivity contribution in [3.63, 3.8) is 0 Å². The molecule has 2 N–H and O–H groups in total. The van der Waals surface area contributed by atoms with Gasteiger partial charge in [-0.2, -0.15) is 5.10 Å². The molecule has 0 bridgehead atoms. The normalized spacial score (nSPS) is 11.5. The van der Waals surface area contributed by atoms with Crippen LogP contribution in [0.4, 0.5) is 5.69 Å². The quantitative estimate of drug-likeness (QED) is 0.680. The zero-order valence-corrected chi connectivity index (χ0v) is 15.1. The van der Waals surface area contributed by atoms with Crippen molar-refractivity contribution in [3.8, 4) is 11.4 Å². The van der Waals surface area contributed by atoms with E-state index in [1.165, 1.54) is 36.4 Å². The first-order valence-electron chi connectivity index (χ1n) is 7.42. The molecule has 0 aliphatic rings. The minimum Gasteiger partial charge on any atom is -0.508 e. The maximum Gasteiger partial charge on any atom is 0.261 e. The first kappa shape index (κ1) is 17.3. The molecule has 3 rings (SSSR count). The number of phenols is 1. The lowest BCUT2D eigenvalue weighted by atomic mass is 10.3. The van der Waals surface area contributed by atoms with Crippen LogP contribution in [0.3, 0.4) is 0 Å². The van der Waals surface area contributed by atoms with Gasteiger partial charge in [-0.3, -0.25) is 4.72 Å². The Hall–Kier alpha value is -2.51. The molecule has 130 valence electrons. The number of anilines is 1. The van der Waals surface area contributed by atoms with E-state index >= 15 is 0 Å². The van der Waals surface area contributed by atoms with E-state index in [0.29, 0.717) is 16.4 Å². The van der Waals surface area contributed by atoms with Crippen molar-refractivity contribution in [1.82, 2.24) is 9.78 Å². The van der Waals surface area contributed by atoms with Crippen molar-refractivity contribution >= 4 is 27.3 Å². The van der Waals surface area contributed by atoms with Gasteiger partial charge in [-0.15, -0.1) is 0 Å². The van der Waals surface area contributed by atoms with E-state index < -0.39 is 10.0 Å². The number of sulfonamides is 1. The van der Waals surface area contributed by atoms with Crippen LogP contribution in [0.2, 0.25) is 5.02 Å². The fourth-order valence-corrected chi connectivity index (χ4v) is 3.56. The van der Waals surface area contributed by atoms with Crippen LogP contribution >= 0.6 is 11.6 Å². The Morgan fingerprint density at radius 1 is 1.04 bits per heavy atom. The zero-order valence-electron chi connectivity index (χ0n) is 13.6. The summed E-state index contributed by atoms with van der Waals surface area (Å²) in [6, 6.07) is 12.1. The highest BCUT2D eigenvalue weighted by Crippen LogP contribution is 2.24. The third-order valence-electron chi connectivity index (χ3n) is 3.71. The molecule has 0 saturated carbocycles. The molecule has 0 unspecified atom stereocenters. The van der Waals surface area contributed by atoms with Crippen molar-refractivity contribution in [2.24, 2.45) is 0 Å². The molecule has 0 radical (unpaired) electrons. The minimum absolute atomic E-state index is 0.0656. The molecule has 0 spiro atoms. The smallest absolute Gasteiger partial charge is 0.261 e. The molecule has 0 amide bonds. The second-order valence-electron chi connectivity index (χ2n) is 5.54. The average molecular weight is 378 g/mol. The molecule has 0 aliphatic heterocycles. The zero-order chi connectivity index (χ0) is 18.2. The summed E-state index contributed by atoms with van der Waals surface area (Å²) in [5, 5.41) is 14.2. The second-order valence-corrected chi connectivity index (χ2v) is 7.60. The summed E-state index contributed by atoms with van der Waals surface area (Å²) in [5.74, 6) is 0.0656. The van der Waals surface area contributed by atoms with Crippen LogP contribution < -0.4 is 4.72 Å². The Labute approximate surface area is 150 Å². The van der Waals surface area contributed by atoms with Gasteiger partial charge in [0.2, 0.25) is 0 Å². The molecular weight excluding hydrogens is 362 g/mol. The highest BCUT2D eigenvalue weighted by molar-refractivity contribution is 7.92. The Morgan fingerprint density at radius 2 is 1.64 bits per heavy atom. The summed E-state index contributed by atoms with van der Waals surface area (Å²) in [4.78, 5) is 0.122. The highest BCUT2D eigenvalue weighted by Gasteiger charge is 2.16. The number of hydrogen-bond acceptors (Lipinski definition) is 4. The molecule has 3 aromatic rings. The fraction of sp³-hybridized carbons (Fsp3) is 0.118. The molecule has 0 fully saturated rings. The van der Waals surface area contributed by atoms with Crippen LogP contribution in [0.5, 0.6) is 5.75 Å². The van der Waals surface area contributed by atoms with Gasteiger partial charge in [0, 0.05) is 5.69 Å². The van der Waals surface area contributed by atoms with Crippen molar-refractivity contribution < 1.29 is 13.5 Å². The minimum atomic E-state index is -3.73. The van der Waals surface area contributed by atoms with Crippen molar-refractivity contribution in [2.75, 3.05) is 4.72 Å². The predicted molar refractivity (Wildman–Crippen MR) is 97.0 cm³/mol. The first-order chi connectivity index (χ1) is 11.8. The molecule has 6 nitrogen and oxygen atoms in total. The Kier molecular flexibility index (Phi) is 4.45. The molecule has 0 atom stereocenters. The Bertz CT molecular complexity index is 1010. The van der Waals surface area contributed by atoms with Gasteiger partial charge < -0.3 is 5.11 Å². The van der Waals surface area contributed by atoms with Crippen LogP contribution in [-0.4, -0.2) is 23.3 Å². The molecule has 2 aromatic carbocycles. The second kappa shape index (κ2) is 6.42. The molecule has 25 heavy (non-hydrogen) atoms. The number of rotatable bonds is 4. The number of aryl methyl sites for hydroxylation is 1. The van der Waals surface area contributed by atoms with Gasteiger partial charge in [0.1, 0.15) is 5.75 Å². The molecule has 0 aliphatic carbocycles. The van der Waals surface area contributed by atoms with Gasteiger partial charge in [-0.05, 0) is 62.4 Å².